The number of para-hydroxylation sites is 2. The second-order valence-corrected chi connectivity index (χ2v) is 10.2. The monoisotopic (exact) mass is 523 g/mol. The molecule has 0 radical (unpaired) electrons. The van der Waals surface area contributed by atoms with Gasteiger partial charge in [0.15, 0.2) is 6.10 Å². The highest BCUT2D eigenvalue weighted by Crippen LogP contribution is 2.32. The number of hydrogen-bond donors (Lipinski definition) is 5. The summed E-state index contributed by atoms with van der Waals surface area (Å²) in [6.45, 7) is 5.79. The number of nitrogens with one attached hydrogen (secondary N) is 4. The van der Waals surface area contributed by atoms with Crippen molar-refractivity contribution in [1.82, 2.24) is 15.3 Å². The van der Waals surface area contributed by atoms with Crippen molar-refractivity contribution in [3.05, 3.63) is 48.0 Å². The van der Waals surface area contributed by atoms with Gasteiger partial charge in [-0.15, -0.1) is 0 Å². The lowest BCUT2D eigenvalue weighted by Gasteiger charge is -2.26. The number of imidazole rings is 1. The van der Waals surface area contributed by atoms with Crippen molar-refractivity contribution >= 4 is 46.5 Å². The van der Waals surface area contributed by atoms with Crippen LogP contribution in [0.5, 0.6) is 5.75 Å². The minimum atomic E-state index is -1.24. The Morgan fingerprint density at radius 3 is 2.66 bits per heavy atom. The van der Waals surface area contributed by atoms with Crippen LogP contribution in [0.1, 0.15) is 32.8 Å². The molecule has 0 fully saturated rings. The lowest BCUT2D eigenvalue weighted by atomic mass is 9.99. The van der Waals surface area contributed by atoms with Crippen LogP contribution in [-0.2, 0) is 25.5 Å². The second kappa shape index (κ2) is 10.8. The lowest BCUT2D eigenvalue weighted by Crippen LogP contribution is -2.43. The number of aromatic nitrogens is 2. The number of aromatic amines is 1. The van der Waals surface area contributed by atoms with Crippen LogP contribution < -0.4 is 20.7 Å². The Kier molecular flexibility index (Phi) is 7.51. The number of aliphatic carboxylic acids is 1. The number of carboxylic acids is 1. The molecule has 1 aromatic heterocycles. The van der Waals surface area contributed by atoms with Crippen LogP contribution in [0.4, 0.5) is 16.4 Å². The van der Waals surface area contributed by atoms with Gasteiger partial charge >= 0.3 is 12.1 Å². The zero-order valence-corrected chi connectivity index (χ0v) is 21.2. The fraction of sp³-hybridized carbons (Fsp3) is 0.346. The summed E-state index contributed by atoms with van der Waals surface area (Å²) >= 11 is 0. The Labute approximate surface area is 218 Å². The van der Waals surface area contributed by atoms with Gasteiger partial charge in [0.2, 0.25) is 11.9 Å². The van der Waals surface area contributed by atoms with Gasteiger partial charge in [-0.05, 0) is 35.2 Å². The van der Waals surface area contributed by atoms with Crippen molar-refractivity contribution in [2.75, 3.05) is 17.2 Å². The van der Waals surface area contributed by atoms with Gasteiger partial charge in [-0.3, -0.25) is 14.9 Å². The van der Waals surface area contributed by atoms with E-state index in [9.17, 15) is 24.3 Å². The van der Waals surface area contributed by atoms with E-state index in [1.807, 2.05) is 39.0 Å². The van der Waals surface area contributed by atoms with Crippen LogP contribution in [0.15, 0.2) is 42.5 Å². The number of nitrogens with zero attached hydrogens (tertiary/aromatic N) is 1. The van der Waals surface area contributed by atoms with Gasteiger partial charge in [-0.25, -0.2) is 14.6 Å². The Bertz CT molecular complexity index is 1340. The summed E-state index contributed by atoms with van der Waals surface area (Å²) < 4.78 is 10.8. The third-order valence-corrected chi connectivity index (χ3v) is 5.55. The molecule has 0 saturated heterocycles. The molecule has 2 atom stereocenters. The number of hydrogen-bond acceptors (Lipinski definition) is 7. The van der Waals surface area contributed by atoms with Crippen molar-refractivity contribution < 1.29 is 33.8 Å². The van der Waals surface area contributed by atoms with Crippen LogP contribution in [-0.4, -0.2) is 57.7 Å². The first-order valence-corrected chi connectivity index (χ1v) is 12.0. The van der Waals surface area contributed by atoms with Crippen LogP contribution >= 0.6 is 0 Å². The number of H-pyrrole nitrogens is 1. The number of carbonyl (C=O) groups is 4. The number of alkyl carbamates (subject to hydrolysis) is 1. The maximum Gasteiger partial charge on any atom is 0.407 e. The first-order chi connectivity index (χ1) is 18.0. The third kappa shape index (κ3) is 6.78. The Hall–Kier alpha value is -4.61. The second-order valence-electron chi connectivity index (χ2n) is 10.2. The zero-order chi connectivity index (χ0) is 27.4. The Morgan fingerprint density at radius 2 is 1.95 bits per heavy atom. The van der Waals surface area contributed by atoms with E-state index in [1.54, 1.807) is 24.3 Å². The predicted octanol–water partition coefficient (Wildman–Crippen LogP) is 3.06. The lowest BCUT2D eigenvalue weighted by molar-refractivity contribution is -0.139. The van der Waals surface area contributed by atoms with Crippen LogP contribution in [0.3, 0.4) is 0 Å². The van der Waals surface area contributed by atoms with Crippen LogP contribution in [0.25, 0.3) is 11.0 Å². The van der Waals surface area contributed by atoms with Gasteiger partial charge in [0, 0.05) is 6.42 Å². The minimum absolute atomic E-state index is 0.0492. The molecule has 0 aliphatic carbocycles. The Morgan fingerprint density at radius 1 is 1.18 bits per heavy atom. The average Bonchev–Trinajstić information content (AvgIpc) is 3.24. The molecule has 0 saturated carbocycles. The summed E-state index contributed by atoms with van der Waals surface area (Å²) in [4.78, 5) is 56.1. The molecule has 3 amide bonds. The van der Waals surface area contributed by atoms with E-state index in [0.717, 1.165) is 5.52 Å². The molecule has 0 unspecified atom stereocenters. The van der Waals surface area contributed by atoms with Gasteiger partial charge in [0.25, 0.3) is 5.91 Å². The number of rotatable bonds is 8. The fourth-order valence-corrected chi connectivity index (χ4v) is 3.72. The summed E-state index contributed by atoms with van der Waals surface area (Å²) in [5.41, 5.74) is 2.07. The fourth-order valence-electron chi connectivity index (χ4n) is 3.72. The van der Waals surface area contributed by atoms with E-state index in [-0.39, 0.29) is 30.8 Å². The highest BCUT2D eigenvalue weighted by Gasteiger charge is 2.31. The largest absolute Gasteiger partial charge is 0.480 e. The molecule has 1 aliphatic heterocycles. The molecule has 12 nitrogen and oxygen atoms in total. The molecular weight excluding hydrogens is 494 g/mol. The summed E-state index contributed by atoms with van der Waals surface area (Å²) in [6.07, 6.45) is -2.19. The number of amides is 3. The van der Waals surface area contributed by atoms with Gasteiger partial charge in [0.05, 0.1) is 29.7 Å². The number of ether oxygens (including phenoxy) is 2. The molecule has 4 rings (SSSR count). The third-order valence-electron chi connectivity index (χ3n) is 5.55. The minimum Gasteiger partial charge on any atom is -0.480 e. The van der Waals surface area contributed by atoms with Gasteiger partial charge < -0.3 is 30.2 Å². The van der Waals surface area contributed by atoms with Crippen molar-refractivity contribution in [3.63, 3.8) is 0 Å². The number of fused-ring (bicyclic) bond motifs is 2. The molecule has 0 spiro atoms. The van der Waals surface area contributed by atoms with Crippen LogP contribution in [0, 0.1) is 5.41 Å². The number of benzene rings is 2. The van der Waals surface area contributed by atoms with Crippen molar-refractivity contribution in [1.29, 1.82) is 0 Å². The van der Waals surface area contributed by atoms with E-state index < -0.39 is 36.0 Å². The molecule has 38 heavy (non-hydrogen) atoms. The number of carbonyl (C=O) groups excluding carboxylic acids is 3. The molecular formula is C26H29N5O7. The van der Waals surface area contributed by atoms with E-state index in [0.29, 0.717) is 22.5 Å². The SMILES string of the molecule is CC(C)(C)COC(=O)N[C@@H](Cc1ccc2c(c1)NC(=O)[C@@H](CC(=O)Nc1nc3ccccc3[nH]1)O2)C(=O)O. The molecule has 5 N–H and O–H groups in total. The van der Waals surface area contributed by atoms with E-state index in [4.69, 9.17) is 9.47 Å². The normalized spacial score (nSPS) is 15.6. The van der Waals surface area contributed by atoms with Gasteiger partial charge in [-0.2, -0.15) is 0 Å². The molecule has 200 valence electrons. The number of anilines is 2. The van der Waals surface area contributed by atoms with Crippen molar-refractivity contribution in [3.8, 4) is 5.75 Å². The Balaban J connectivity index is 1.36. The maximum absolute atomic E-state index is 12.6. The molecule has 2 aromatic carbocycles. The van der Waals surface area contributed by atoms with Gasteiger partial charge in [-0.1, -0.05) is 39.0 Å². The molecule has 1 aliphatic rings. The summed E-state index contributed by atoms with van der Waals surface area (Å²) in [6, 6.07) is 10.8. The smallest absolute Gasteiger partial charge is 0.407 e. The standard InChI is InChI=1S/C26H29N5O7/c1-26(2,3)13-37-25(36)30-18(23(34)35)11-14-8-9-19-17(10-14)27-22(33)20(38-19)12-21(32)31-24-28-15-6-4-5-7-16(15)29-24/h4-10,18,20H,11-13H2,1-3H3,(H,27,33)(H,30,36)(H,34,35)(H2,28,29,31,32)/t18-,20+/m0/s1. The van der Waals surface area contributed by atoms with E-state index >= 15 is 0 Å². The summed E-state index contributed by atoms with van der Waals surface area (Å²) in [5.74, 6) is -1.61. The van der Waals surface area contributed by atoms with Crippen molar-refractivity contribution in [2.24, 2.45) is 5.41 Å². The zero-order valence-electron chi connectivity index (χ0n) is 21.2. The highest BCUT2D eigenvalue weighted by atomic mass is 16.5. The van der Waals surface area contributed by atoms with Crippen LogP contribution in [0.2, 0.25) is 0 Å². The number of carboxylic acid groups (broad SMARTS) is 1. The summed E-state index contributed by atoms with van der Waals surface area (Å²) in [7, 11) is 0. The van der Waals surface area contributed by atoms with E-state index in [1.165, 1.54) is 0 Å². The molecule has 0 bridgehead atoms. The predicted molar refractivity (Wildman–Crippen MR) is 138 cm³/mol. The molecule has 12 heteroatoms. The molecule has 3 aromatic rings. The molecule has 2 heterocycles. The maximum atomic E-state index is 12.6. The van der Waals surface area contributed by atoms with Gasteiger partial charge in [0.1, 0.15) is 11.8 Å². The average molecular weight is 524 g/mol. The van der Waals surface area contributed by atoms with E-state index in [2.05, 4.69) is 25.9 Å². The van der Waals surface area contributed by atoms with Crippen molar-refractivity contribution in [2.45, 2.75) is 45.8 Å². The highest BCUT2D eigenvalue weighted by molar-refractivity contribution is 6.02. The first-order valence-electron chi connectivity index (χ1n) is 12.0. The quantitative estimate of drug-likeness (QED) is 0.300. The topological polar surface area (TPSA) is 172 Å². The first kappa shape index (κ1) is 26.5. The summed E-state index contributed by atoms with van der Waals surface area (Å²) in [5, 5.41) is 17.2.